The first-order valence-corrected chi connectivity index (χ1v) is 11.7. The summed E-state index contributed by atoms with van der Waals surface area (Å²) in [6.45, 7) is 0.836. The summed E-state index contributed by atoms with van der Waals surface area (Å²) in [5.41, 5.74) is 5.52. The van der Waals surface area contributed by atoms with E-state index in [-0.39, 0.29) is 12.3 Å². The van der Waals surface area contributed by atoms with Crippen molar-refractivity contribution in [2.24, 2.45) is 0 Å². The van der Waals surface area contributed by atoms with Crippen LogP contribution in [-0.2, 0) is 22.6 Å². The Balaban J connectivity index is 1.75. The van der Waals surface area contributed by atoms with Gasteiger partial charge in [-0.05, 0) is 56.4 Å². The maximum absolute atomic E-state index is 13.0. The SMILES string of the molecule is CN(C)Cc1ccc(NC(=C2C(=O)Nc3cc(Cl)ccc32)c2csc(CCC(=O)O)c2)cc1. The normalized spacial score (nSPS) is 14.2. The van der Waals surface area contributed by atoms with Crippen LogP contribution in [0, 0.1) is 0 Å². The lowest BCUT2D eigenvalue weighted by Gasteiger charge is -2.15. The van der Waals surface area contributed by atoms with E-state index >= 15 is 0 Å². The molecule has 0 saturated heterocycles. The fraction of sp³-hybridized carbons (Fsp3) is 0.200. The van der Waals surface area contributed by atoms with Gasteiger partial charge in [0.1, 0.15) is 0 Å². The summed E-state index contributed by atoms with van der Waals surface area (Å²) in [5, 5.41) is 17.9. The van der Waals surface area contributed by atoms with Gasteiger partial charge in [-0.1, -0.05) is 29.8 Å². The highest BCUT2D eigenvalue weighted by atomic mass is 35.5. The number of aryl methyl sites for hydroxylation is 1. The third kappa shape index (κ3) is 5.45. The maximum Gasteiger partial charge on any atom is 0.303 e. The number of halogens is 1. The number of fused-ring (bicyclic) bond motifs is 1. The molecule has 2 aromatic carbocycles. The van der Waals surface area contributed by atoms with E-state index in [0.717, 1.165) is 28.2 Å². The Kier molecular flexibility index (Phi) is 6.83. The van der Waals surface area contributed by atoms with Crippen molar-refractivity contribution in [1.29, 1.82) is 0 Å². The van der Waals surface area contributed by atoms with Gasteiger partial charge < -0.3 is 20.6 Å². The van der Waals surface area contributed by atoms with Crippen molar-refractivity contribution in [1.82, 2.24) is 4.90 Å². The van der Waals surface area contributed by atoms with Crippen LogP contribution >= 0.6 is 22.9 Å². The topological polar surface area (TPSA) is 81.7 Å². The van der Waals surface area contributed by atoms with Crippen LogP contribution < -0.4 is 10.6 Å². The molecular weight excluding hydrogens is 458 g/mol. The van der Waals surface area contributed by atoms with Crippen molar-refractivity contribution >= 4 is 57.5 Å². The molecule has 0 radical (unpaired) electrons. The molecule has 0 aliphatic carbocycles. The van der Waals surface area contributed by atoms with Crippen molar-refractivity contribution in [3.8, 4) is 0 Å². The summed E-state index contributed by atoms with van der Waals surface area (Å²) in [5.74, 6) is -1.04. The van der Waals surface area contributed by atoms with E-state index in [9.17, 15) is 9.59 Å². The highest BCUT2D eigenvalue weighted by Crippen LogP contribution is 2.39. The molecule has 4 rings (SSSR count). The smallest absolute Gasteiger partial charge is 0.303 e. The second-order valence-electron chi connectivity index (χ2n) is 8.15. The number of hydrogen-bond acceptors (Lipinski definition) is 5. The van der Waals surface area contributed by atoms with Crippen molar-refractivity contribution in [2.75, 3.05) is 24.7 Å². The standard InChI is InChI=1S/C25H24ClN3O3S/c1-29(2)13-15-3-6-18(7-4-15)27-24(16-11-19(33-14-16)8-10-22(30)31)23-20-9-5-17(26)12-21(20)28-25(23)32/h3-7,9,11-12,14,27H,8,10,13H2,1-2H3,(H,28,32)(H,30,31). The molecule has 33 heavy (non-hydrogen) atoms. The van der Waals surface area contributed by atoms with Crippen LogP contribution in [0.4, 0.5) is 11.4 Å². The van der Waals surface area contributed by atoms with Crippen LogP contribution in [0.1, 0.15) is 28.0 Å². The molecule has 2 heterocycles. The van der Waals surface area contributed by atoms with Gasteiger partial charge in [-0.2, -0.15) is 0 Å². The molecule has 3 N–H and O–H groups in total. The average Bonchev–Trinajstić information content (AvgIpc) is 3.35. The molecule has 0 bridgehead atoms. The number of thiophene rings is 1. The molecule has 6 nitrogen and oxygen atoms in total. The number of carbonyl (C=O) groups excluding carboxylic acids is 1. The Labute approximate surface area is 201 Å². The zero-order valence-corrected chi connectivity index (χ0v) is 19.9. The number of amides is 1. The molecule has 1 aromatic heterocycles. The lowest BCUT2D eigenvalue weighted by Crippen LogP contribution is -2.11. The van der Waals surface area contributed by atoms with Crippen LogP contribution in [0.2, 0.25) is 5.02 Å². The zero-order chi connectivity index (χ0) is 23.5. The van der Waals surface area contributed by atoms with Gasteiger partial charge in [0, 0.05) is 38.6 Å². The van der Waals surface area contributed by atoms with Crippen LogP contribution in [0.3, 0.4) is 0 Å². The minimum Gasteiger partial charge on any atom is -0.481 e. The average molecular weight is 482 g/mol. The number of hydrogen-bond donors (Lipinski definition) is 3. The van der Waals surface area contributed by atoms with Gasteiger partial charge >= 0.3 is 5.97 Å². The minimum atomic E-state index is -0.833. The quantitative estimate of drug-likeness (QED) is 0.374. The maximum atomic E-state index is 13.0. The Morgan fingerprint density at radius 3 is 2.61 bits per heavy atom. The van der Waals surface area contributed by atoms with E-state index in [1.165, 1.54) is 16.9 Å². The fourth-order valence-electron chi connectivity index (χ4n) is 3.75. The zero-order valence-electron chi connectivity index (χ0n) is 18.3. The number of rotatable bonds is 8. The van der Waals surface area contributed by atoms with Crippen LogP contribution in [0.5, 0.6) is 0 Å². The second-order valence-corrected chi connectivity index (χ2v) is 9.58. The first-order chi connectivity index (χ1) is 15.8. The van der Waals surface area contributed by atoms with Crippen molar-refractivity contribution in [3.05, 3.63) is 80.5 Å². The number of anilines is 2. The number of nitrogens with zero attached hydrogens (tertiary/aromatic N) is 1. The van der Waals surface area contributed by atoms with Gasteiger partial charge in [-0.15, -0.1) is 11.3 Å². The summed E-state index contributed by atoms with van der Waals surface area (Å²) in [7, 11) is 4.05. The van der Waals surface area contributed by atoms with E-state index in [2.05, 4.69) is 27.7 Å². The van der Waals surface area contributed by atoms with Crippen LogP contribution in [0.25, 0.3) is 11.3 Å². The monoisotopic (exact) mass is 481 g/mol. The van der Waals surface area contributed by atoms with Crippen LogP contribution in [-0.4, -0.2) is 36.0 Å². The van der Waals surface area contributed by atoms with Gasteiger partial charge in [-0.3, -0.25) is 9.59 Å². The van der Waals surface area contributed by atoms with Gasteiger partial charge in [0.2, 0.25) is 0 Å². The van der Waals surface area contributed by atoms with E-state index in [1.807, 2.05) is 43.7 Å². The number of carboxylic acids is 1. The second kappa shape index (κ2) is 9.79. The van der Waals surface area contributed by atoms with Crippen molar-refractivity contribution in [3.63, 3.8) is 0 Å². The van der Waals surface area contributed by atoms with E-state index in [4.69, 9.17) is 16.7 Å². The molecule has 0 spiro atoms. The number of carbonyl (C=O) groups is 2. The molecule has 0 fully saturated rings. The summed E-state index contributed by atoms with van der Waals surface area (Å²) < 4.78 is 0. The lowest BCUT2D eigenvalue weighted by molar-refractivity contribution is -0.136. The summed E-state index contributed by atoms with van der Waals surface area (Å²) in [6, 6.07) is 15.4. The van der Waals surface area contributed by atoms with Crippen molar-refractivity contribution in [2.45, 2.75) is 19.4 Å². The molecule has 0 saturated carbocycles. The number of benzene rings is 2. The van der Waals surface area contributed by atoms with E-state index in [0.29, 0.717) is 28.4 Å². The van der Waals surface area contributed by atoms with E-state index < -0.39 is 5.97 Å². The summed E-state index contributed by atoms with van der Waals surface area (Å²) >= 11 is 7.61. The molecule has 0 unspecified atom stereocenters. The highest BCUT2D eigenvalue weighted by Gasteiger charge is 2.29. The molecule has 1 amide bonds. The third-order valence-electron chi connectivity index (χ3n) is 5.23. The van der Waals surface area contributed by atoms with Crippen molar-refractivity contribution < 1.29 is 14.7 Å². The number of nitrogens with one attached hydrogen (secondary N) is 2. The molecule has 1 aliphatic heterocycles. The van der Waals surface area contributed by atoms with Crippen LogP contribution in [0.15, 0.2) is 53.9 Å². The Hall–Kier alpha value is -3.13. The Morgan fingerprint density at radius 1 is 1.15 bits per heavy atom. The number of carboxylic acid groups (broad SMARTS) is 1. The van der Waals surface area contributed by atoms with Gasteiger partial charge in [-0.25, -0.2) is 0 Å². The predicted octanol–water partition coefficient (Wildman–Crippen LogP) is 5.41. The first-order valence-electron chi connectivity index (χ1n) is 10.5. The largest absolute Gasteiger partial charge is 0.481 e. The third-order valence-corrected chi connectivity index (χ3v) is 6.46. The highest BCUT2D eigenvalue weighted by molar-refractivity contribution is 7.10. The molecule has 3 aromatic rings. The summed E-state index contributed by atoms with van der Waals surface area (Å²) in [4.78, 5) is 27.0. The lowest BCUT2D eigenvalue weighted by atomic mass is 10.0. The molecule has 170 valence electrons. The van der Waals surface area contributed by atoms with Gasteiger partial charge in [0.15, 0.2) is 0 Å². The Morgan fingerprint density at radius 2 is 1.91 bits per heavy atom. The first kappa shape index (κ1) is 23.0. The number of aliphatic carboxylic acids is 1. The Bertz CT molecular complexity index is 1230. The molecular formula is C25H24ClN3O3S. The van der Waals surface area contributed by atoms with Gasteiger partial charge in [0.25, 0.3) is 5.91 Å². The van der Waals surface area contributed by atoms with E-state index in [1.54, 1.807) is 12.1 Å². The summed E-state index contributed by atoms with van der Waals surface area (Å²) in [6.07, 6.45) is 0.509. The molecule has 0 atom stereocenters. The minimum absolute atomic E-state index is 0.0639. The fourth-order valence-corrected chi connectivity index (χ4v) is 4.80. The molecule has 8 heteroatoms. The molecule has 1 aliphatic rings. The van der Waals surface area contributed by atoms with Gasteiger partial charge in [0.05, 0.1) is 23.4 Å². The predicted molar refractivity (Wildman–Crippen MR) is 135 cm³/mol.